The Morgan fingerprint density at radius 2 is 1.59 bits per heavy atom. The van der Waals surface area contributed by atoms with Gasteiger partial charge in [-0.15, -0.1) is 0 Å². The van der Waals surface area contributed by atoms with E-state index >= 15 is 0 Å². The van der Waals surface area contributed by atoms with E-state index in [-0.39, 0.29) is 34.4 Å². The number of carbonyl (C=O) groups is 1. The van der Waals surface area contributed by atoms with Crippen LogP contribution in [0.2, 0.25) is 10.0 Å². The molecule has 0 spiro atoms. The molecule has 0 saturated heterocycles. The number of rotatable bonds is 3. The van der Waals surface area contributed by atoms with Gasteiger partial charge in [0.05, 0.1) is 10.7 Å². The zero-order chi connectivity index (χ0) is 19.7. The second kappa shape index (κ2) is 7.47. The summed E-state index contributed by atoms with van der Waals surface area (Å²) < 4.78 is 0. The summed E-state index contributed by atoms with van der Waals surface area (Å²) in [5, 5.41) is 29.7. The van der Waals surface area contributed by atoms with Crippen molar-refractivity contribution in [3.8, 4) is 11.5 Å². The molecule has 27 heavy (non-hydrogen) atoms. The standard InChI is InChI=1S/C20H15Cl2NO4/c1-10-14(6-11-2-3-12(24)7-15(11)21)18(26)9-19(27)20(10)23-17-5-4-13(25)8-16(17)22/h2-5,7-9,24-26H,6H2,1H3. The van der Waals surface area contributed by atoms with Gasteiger partial charge in [-0.25, -0.2) is 4.99 Å². The predicted octanol–water partition coefficient (Wildman–Crippen LogP) is 5.06. The molecular formula is C20H15Cl2NO4. The summed E-state index contributed by atoms with van der Waals surface area (Å²) in [5.74, 6) is -0.573. The monoisotopic (exact) mass is 403 g/mol. The summed E-state index contributed by atoms with van der Waals surface area (Å²) in [6, 6.07) is 8.80. The molecule has 138 valence electrons. The number of phenolic OH excluding ortho intramolecular Hbond substituents is 2. The zero-order valence-corrected chi connectivity index (χ0v) is 15.7. The van der Waals surface area contributed by atoms with Crippen LogP contribution in [0.3, 0.4) is 0 Å². The van der Waals surface area contributed by atoms with Crippen molar-refractivity contribution in [2.24, 2.45) is 4.99 Å². The molecule has 0 radical (unpaired) electrons. The molecule has 0 atom stereocenters. The van der Waals surface area contributed by atoms with E-state index in [9.17, 15) is 20.1 Å². The molecule has 0 unspecified atom stereocenters. The first-order valence-electron chi connectivity index (χ1n) is 7.96. The summed E-state index contributed by atoms with van der Waals surface area (Å²) >= 11 is 12.2. The smallest absolute Gasteiger partial charge is 0.208 e. The van der Waals surface area contributed by atoms with Crippen LogP contribution < -0.4 is 0 Å². The molecule has 2 aromatic carbocycles. The summed E-state index contributed by atoms with van der Waals surface area (Å²) in [6.45, 7) is 1.68. The molecule has 0 aliphatic heterocycles. The summed E-state index contributed by atoms with van der Waals surface area (Å²) in [7, 11) is 0. The van der Waals surface area contributed by atoms with Crippen LogP contribution in [-0.2, 0) is 11.2 Å². The lowest BCUT2D eigenvalue weighted by atomic mass is 9.90. The summed E-state index contributed by atoms with van der Waals surface area (Å²) in [5.41, 5.74) is 2.14. The Balaban J connectivity index is 2.05. The number of benzene rings is 2. The first-order valence-corrected chi connectivity index (χ1v) is 8.72. The number of nitrogens with zero attached hydrogens (tertiary/aromatic N) is 1. The number of hydrogen-bond donors (Lipinski definition) is 3. The molecule has 7 heteroatoms. The third kappa shape index (κ3) is 3.99. The molecule has 5 nitrogen and oxygen atoms in total. The first-order chi connectivity index (χ1) is 12.8. The van der Waals surface area contributed by atoms with Crippen molar-refractivity contribution < 1.29 is 20.1 Å². The molecule has 3 rings (SSSR count). The lowest BCUT2D eigenvalue weighted by molar-refractivity contribution is -0.109. The second-order valence-corrected chi connectivity index (χ2v) is 6.86. The number of halogens is 2. The van der Waals surface area contributed by atoms with E-state index in [1.165, 1.54) is 30.3 Å². The van der Waals surface area contributed by atoms with Crippen LogP contribution in [0, 0.1) is 0 Å². The SMILES string of the molecule is CC1=C(Cc2ccc(O)cc2Cl)C(O)=CC(=O)C1=Nc1ccc(O)cc1Cl. The highest BCUT2D eigenvalue weighted by molar-refractivity contribution is 6.51. The molecule has 0 amide bonds. The third-order valence-corrected chi connectivity index (χ3v) is 4.84. The van der Waals surface area contributed by atoms with Crippen molar-refractivity contribution in [2.75, 3.05) is 0 Å². The minimum Gasteiger partial charge on any atom is -0.508 e. The van der Waals surface area contributed by atoms with Gasteiger partial charge in [0, 0.05) is 29.2 Å². The minimum atomic E-state index is -0.449. The normalized spacial score (nSPS) is 16.0. The van der Waals surface area contributed by atoms with Crippen LogP contribution in [-0.4, -0.2) is 26.8 Å². The molecule has 0 heterocycles. The van der Waals surface area contributed by atoms with E-state index in [2.05, 4.69) is 4.99 Å². The number of aliphatic hydroxyl groups excluding tert-OH is 1. The van der Waals surface area contributed by atoms with Crippen LogP contribution in [0.25, 0.3) is 0 Å². The Morgan fingerprint density at radius 1 is 0.963 bits per heavy atom. The van der Waals surface area contributed by atoms with E-state index in [0.717, 1.165) is 6.08 Å². The van der Waals surface area contributed by atoms with Gasteiger partial charge in [-0.05, 0) is 42.3 Å². The van der Waals surface area contributed by atoms with Gasteiger partial charge < -0.3 is 15.3 Å². The zero-order valence-electron chi connectivity index (χ0n) is 14.2. The number of hydrogen-bond acceptors (Lipinski definition) is 5. The number of aliphatic hydroxyl groups is 1. The maximum Gasteiger partial charge on any atom is 0.208 e. The number of carbonyl (C=O) groups excluding carboxylic acids is 1. The third-order valence-electron chi connectivity index (χ3n) is 4.19. The van der Waals surface area contributed by atoms with E-state index in [1.807, 2.05) is 0 Å². The van der Waals surface area contributed by atoms with Crippen molar-refractivity contribution >= 4 is 40.4 Å². The molecule has 0 bridgehead atoms. The topological polar surface area (TPSA) is 90.1 Å². The van der Waals surface area contributed by atoms with Gasteiger partial charge in [-0.3, -0.25) is 4.79 Å². The largest absolute Gasteiger partial charge is 0.508 e. The van der Waals surface area contributed by atoms with E-state index < -0.39 is 5.78 Å². The first kappa shape index (κ1) is 19.0. The van der Waals surface area contributed by atoms with Crippen LogP contribution in [0.4, 0.5) is 5.69 Å². The van der Waals surface area contributed by atoms with Gasteiger partial charge in [0.15, 0.2) is 0 Å². The van der Waals surface area contributed by atoms with Crippen molar-refractivity contribution in [2.45, 2.75) is 13.3 Å². The fraction of sp³-hybridized carbons (Fsp3) is 0.100. The number of phenols is 2. The molecule has 1 aliphatic carbocycles. The molecule has 0 aromatic heterocycles. The van der Waals surface area contributed by atoms with Gasteiger partial charge in [-0.1, -0.05) is 29.3 Å². The van der Waals surface area contributed by atoms with Crippen LogP contribution >= 0.6 is 23.2 Å². The minimum absolute atomic E-state index is 0.00798. The van der Waals surface area contributed by atoms with Crippen molar-refractivity contribution in [1.29, 1.82) is 0 Å². The van der Waals surface area contributed by atoms with E-state index in [1.54, 1.807) is 13.0 Å². The maximum atomic E-state index is 12.4. The molecule has 1 aliphatic rings. The Hall–Kier alpha value is -2.76. The Bertz CT molecular complexity index is 1040. The fourth-order valence-electron chi connectivity index (χ4n) is 2.74. The van der Waals surface area contributed by atoms with Crippen LogP contribution in [0.5, 0.6) is 11.5 Å². The van der Waals surface area contributed by atoms with Crippen molar-refractivity contribution in [3.63, 3.8) is 0 Å². The quantitative estimate of drug-likeness (QED) is 0.624. The van der Waals surface area contributed by atoms with E-state index in [4.69, 9.17) is 23.2 Å². The molecule has 2 aromatic rings. The highest BCUT2D eigenvalue weighted by Crippen LogP contribution is 2.32. The Morgan fingerprint density at radius 3 is 2.22 bits per heavy atom. The number of ketones is 1. The van der Waals surface area contributed by atoms with E-state index in [0.29, 0.717) is 27.4 Å². The highest BCUT2D eigenvalue weighted by Gasteiger charge is 2.25. The van der Waals surface area contributed by atoms with Gasteiger partial charge in [0.25, 0.3) is 0 Å². The van der Waals surface area contributed by atoms with Crippen LogP contribution in [0.15, 0.2) is 64.4 Å². The summed E-state index contributed by atoms with van der Waals surface area (Å²) in [4.78, 5) is 16.7. The van der Waals surface area contributed by atoms with Gasteiger partial charge in [0.2, 0.25) is 5.78 Å². The fourth-order valence-corrected chi connectivity index (χ4v) is 3.20. The Kier molecular flexibility index (Phi) is 5.26. The lowest BCUT2D eigenvalue weighted by Gasteiger charge is -2.18. The van der Waals surface area contributed by atoms with Gasteiger partial charge >= 0.3 is 0 Å². The number of aromatic hydroxyl groups is 2. The molecular weight excluding hydrogens is 389 g/mol. The average molecular weight is 404 g/mol. The van der Waals surface area contributed by atoms with Crippen molar-refractivity contribution in [3.05, 3.63) is 75.0 Å². The van der Waals surface area contributed by atoms with Gasteiger partial charge in [0.1, 0.15) is 23.0 Å². The second-order valence-electron chi connectivity index (χ2n) is 6.05. The van der Waals surface area contributed by atoms with Crippen LogP contribution in [0.1, 0.15) is 12.5 Å². The number of allylic oxidation sites excluding steroid dienone is 3. The number of aliphatic imine (C=N–C) groups is 1. The molecule has 3 N–H and O–H groups in total. The lowest BCUT2D eigenvalue weighted by Crippen LogP contribution is -2.21. The van der Waals surface area contributed by atoms with Gasteiger partial charge in [-0.2, -0.15) is 0 Å². The molecule has 0 fully saturated rings. The Labute approximate surface area is 165 Å². The van der Waals surface area contributed by atoms with Crippen molar-refractivity contribution in [1.82, 2.24) is 0 Å². The molecule has 0 saturated carbocycles. The summed E-state index contributed by atoms with van der Waals surface area (Å²) in [6.07, 6.45) is 1.35. The highest BCUT2D eigenvalue weighted by atomic mass is 35.5. The maximum absolute atomic E-state index is 12.4. The average Bonchev–Trinajstić information content (AvgIpc) is 2.58. The predicted molar refractivity (Wildman–Crippen MR) is 105 cm³/mol.